The summed E-state index contributed by atoms with van der Waals surface area (Å²) in [5.41, 5.74) is 8.67. The average Bonchev–Trinajstić information content (AvgIpc) is 2.38. The Bertz CT molecular complexity index is 576. The van der Waals surface area contributed by atoms with E-state index >= 15 is 0 Å². The molecule has 17 heavy (non-hydrogen) atoms. The number of carbonyl (C=O) groups is 2. The van der Waals surface area contributed by atoms with E-state index in [2.05, 4.69) is 0 Å². The molecule has 0 spiro atoms. The van der Waals surface area contributed by atoms with Crippen molar-refractivity contribution in [3.63, 3.8) is 0 Å². The lowest BCUT2D eigenvalue weighted by atomic mass is 9.95. The monoisotopic (exact) mass is 225 g/mol. The molecular weight excluding hydrogens is 214 g/mol. The van der Waals surface area contributed by atoms with E-state index in [4.69, 9.17) is 5.73 Å². The second-order valence-electron chi connectivity index (χ2n) is 3.63. The van der Waals surface area contributed by atoms with Crippen molar-refractivity contribution in [3.05, 3.63) is 53.6 Å². The quantitative estimate of drug-likeness (QED) is 0.645. The molecular formula is C14H11NO2. The van der Waals surface area contributed by atoms with Gasteiger partial charge in [0.2, 0.25) is 0 Å². The molecule has 0 aliphatic rings. The van der Waals surface area contributed by atoms with Crippen LogP contribution in [0.1, 0.15) is 20.7 Å². The molecule has 2 rings (SSSR count). The summed E-state index contributed by atoms with van der Waals surface area (Å²) in [5, 5.41) is 0. The van der Waals surface area contributed by atoms with Gasteiger partial charge in [-0.25, -0.2) is 0 Å². The third kappa shape index (κ3) is 1.95. The molecule has 2 aromatic rings. The van der Waals surface area contributed by atoms with Gasteiger partial charge in [0.25, 0.3) is 0 Å². The van der Waals surface area contributed by atoms with E-state index in [0.717, 1.165) is 12.6 Å². The highest BCUT2D eigenvalue weighted by Crippen LogP contribution is 2.30. The first-order chi connectivity index (χ1) is 8.27. The molecule has 0 heterocycles. The van der Waals surface area contributed by atoms with Crippen LogP contribution in [0.4, 0.5) is 5.69 Å². The summed E-state index contributed by atoms with van der Waals surface area (Å²) >= 11 is 0. The molecule has 0 fully saturated rings. The van der Waals surface area contributed by atoms with Crippen LogP contribution in [0.3, 0.4) is 0 Å². The normalized spacial score (nSPS) is 9.88. The first-order valence-corrected chi connectivity index (χ1v) is 5.16. The first kappa shape index (κ1) is 11.1. The fourth-order valence-corrected chi connectivity index (χ4v) is 1.83. The summed E-state index contributed by atoms with van der Waals surface area (Å²) in [6, 6.07) is 12.2. The van der Waals surface area contributed by atoms with Crippen LogP contribution in [0.25, 0.3) is 11.1 Å². The van der Waals surface area contributed by atoms with Crippen molar-refractivity contribution in [1.82, 2.24) is 0 Å². The van der Waals surface area contributed by atoms with Gasteiger partial charge >= 0.3 is 0 Å². The minimum absolute atomic E-state index is 0.485. The Morgan fingerprint density at radius 1 is 0.824 bits per heavy atom. The van der Waals surface area contributed by atoms with Crippen molar-refractivity contribution in [2.45, 2.75) is 0 Å². The van der Waals surface area contributed by atoms with Crippen LogP contribution in [0.2, 0.25) is 0 Å². The van der Waals surface area contributed by atoms with Crippen molar-refractivity contribution in [3.8, 4) is 11.1 Å². The number of rotatable bonds is 3. The molecule has 84 valence electrons. The largest absolute Gasteiger partial charge is 0.398 e. The SMILES string of the molecule is Nc1cccc(C=O)c1-c1ccccc1C=O. The molecule has 0 aromatic heterocycles. The van der Waals surface area contributed by atoms with Crippen molar-refractivity contribution in [1.29, 1.82) is 0 Å². The molecule has 3 heteroatoms. The maximum Gasteiger partial charge on any atom is 0.150 e. The summed E-state index contributed by atoms with van der Waals surface area (Å²) in [5.74, 6) is 0. The Morgan fingerprint density at radius 2 is 1.47 bits per heavy atom. The summed E-state index contributed by atoms with van der Waals surface area (Å²) in [6.45, 7) is 0. The van der Waals surface area contributed by atoms with Crippen LogP contribution in [0, 0.1) is 0 Å². The fourth-order valence-electron chi connectivity index (χ4n) is 1.83. The van der Waals surface area contributed by atoms with Crippen molar-refractivity contribution < 1.29 is 9.59 Å². The zero-order valence-corrected chi connectivity index (χ0v) is 9.09. The second-order valence-corrected chi connectivity index (χ2v) is 3.63. The Hall–Kier alpha value is -2.42. The minimum atomic E-state index is 0.485. The highest BCUT2D eigenvalue weighted by molar-refractivity contribution is 5.98. The maximum absolute atomic E-state index is 11.0. The van der Waals surface area contributed by atoms with Gasteiger partial charge in [0, 0.05) is 22.4 Å². The zero-order valence-electron chi connectivity index (χ0n) is 9.09. The van der Waals surface area contributed by atoms with Crippen molar-refractivity contribution >= 4 is 18.3 Å². The molecule has 0 radical (unpaired) electrons. The molecule has 0 aliphatic carbocycles. The number of nitrogens with two attached hydrogens (primary N) is 1. The zero-order chi connectivity index (χ0) is 12.3. The number of anilines is 1. The minimum Gasteiger partial charge on any atom is -0.398 e. The average molecular weight is 225 g/mol. The van der Waals surface area contributed by atoms with E-state index in [1.54, 1.807) is 36.4 Å². The van der Waals surface area contributed by atoms with Gasteiger partial charge in [-0.3, -0.25) is 9.59 Å². The van der Waals surface area contributed by atoms with E-state index in [1.165, 1.54) is 0 Å². The molecule has 0 amide bonds. The number of carbonyl (C=O) groups excluding carboxylic acids is 2. The highest BCUT2D eigenvalue weighted by Gasteiger charge is 2.11. The second kappa shape index (κ2) is 4.61. The van der Waals surface area contributed by atoms with Crippen LogP contribution in [0.5, 0.6) is 0 Å². The van der Waals surface area contributed by atoms with E-state index in [1.807, 2.05) is 6.07 Å². The third-order valence-electron chi connectivity index (χ3n) is 2.61. The number of hydrogen-bond acceptors (Lipinski definition) is 3. The first-order valence-electron chi connectivity index (χ1n) is 5.16. The van der Waals surface area contributed by atoms with Gasteiger partial charge in [0.15, 0.2) is 12.6 Å². The van der Waals surface area contributed by atoms with E-state index in [-0.39, 0.29) is 0 Å². The van der Waals surface area contributed by atoms with Gasteiger partial charge in [0.1, 0.15) is 0 Å². The highest BCUT2D eigenvalue weighted by atomic mass is 16.1. The van der Waals surface area contributed by atoms with Crippen molar-refractivity contribution in [2.24, 2.45) is 0 Å². The van der Waals surface area contributed by atoms with Gasteiger partial charge in [0.05, 0.1) is 0 Å². The van der Waals surface area contributed by atoms with Crippen molar-refractivity contribution in [2.75, 3.05) is 5.73 Å². The molecule has 2 N–H and O–H groups in total. The lowest BCUT2D eigenvalue weighted by Gasteiger charge is -2.10. The molecule has 0 saturated heterocycles. The molecule has 0 aliphatic heterocycles. The predicted octanol–water partition coefficient (Wildman–Crippen LogP) is 2.56. The third-order valence-corrected chi connectivity index (χ3v) is 2.61. The summed E-state index contributed by atoms with van der Waals surface area (Å²) in [4.78, 5) is 22.0. The molecule has 2 aromatic carbocycles. The van der Waals surface area contributed by atoms with Gasteiger partial charge in [-0.2, -0.15) is 0 Å². The van der Waals surface area contributed by atoms with Gasteiger partial charge in [-0.05, 0) is 11.6 Å². The Labute approximate surface area is 98.9 Å². The number of nitrogen functional groups attached to an aromatic ring is 1. The summed E-state index contributed by atoms with van der Waals surface area (Å²) < 4.78 is 0. The predicted molar refractivity (Wildman–Crippen MR) is 67.1 cm³/mol. The standard InChI is InChI=1S/C14H11NO2/c15-13-7-3-5-11(9-17)14(13)12-6-2-1-4-10(12)8-16/h1-9H,15H2. The van der Waals surface area contributed by atoms with Gasteiger partial charge in [-0.15, -0.1) is 0 Å². The van der Waals surface area contributed by atoms with E-state index < -0.39 is 0 Å². The van der Waals surface area contributed by atoms with Crippen LogP contribution < -0.4 is 5.73 Å². The number of aldehydes is 2. The van der Waals surface area contributed by atoms with Gasteiger partial charge < -0.3 is 5.73 Å². The Balaban J connectivity index is 2.76. The lowest BCUT2D eigenvalue weighted by molar-refractivity contribution is 0.111. The summed E-state index contributed by atoms with van der Waals surface area (Å²) in [6.07, 6.45) is 1.50. The maximum atomic E-state index is 11.0. The molecule has 0 unspecified atom stereocenters. The summed E-state index contributed by atoms with van der Waals surface area (Å²) in [7, 11) is 0. The number of benzene rings is 2. The molecule has 3 nitrogen and oxygen atoms in total. The Kier molecular flexibility index (Phi) is 3.01. The lowest BCUT2D eigenvalue weighted by Crippen LogP contribution is -1.97. The van der Waals surface area contributed by atoms with E-state index in [0.29, 0.717) is 27.9 Å². The van der Waals surface area contributed by atoms with E-state index in [9.17, 15) is 9.59 Å². The fraction of sp³-hybridized carbons (Fsp3) is 0. The molecule has 0 saturated carbocycles. The van der Waals surface area contributed by atoms with Gasteiger partial charge in [-0.1, -0.05) is 36.4 Å². The smallest absolute Gasteiger partial charge is 0.150 e. The Morgan fingerprint density at radius 3 is 2.18 bits per heavy atom. The van der Waals surface area contributed by atoms with Crippen LogP contribution >= 0.6 is 0 Å². The topological polar surface area (TPSA) is 60.2 Å². The number of hydrogen-bond donors (Lipinski definition) is 1. The molecule has 0 bridgehead atoms. The van der Waals surface area contributed by atoms with Crippen LogP contribution in [-0.4, -0.2) is 12.6 Å². The molecule has 0 atom stereocenters. The van der Waals surface area contributed by atoms with Crippen LogP contribution in [-0.2, 0) is 0 Å². The van der Waals surface area contributed by atoms with Crippen LogP contribution in [0.15, 0.2) is 42.5 Å².